The molecule has 1 rings (SSSR count). The van der Waals surface area contributed by atoms with Crippen LogP contribution in [0, 0.1) is 11.5 Å². The summed E-state index contributed by atoms with van der Waals surface area (Å²) in [5, 5.41) is 0. The monoisotopic (exact) mass is 244 g/mol. The lowest BCUT2D eigenvalue weighted by molar-refractivity contribution is 1.00. The molecule has 0 heterocycles. The highest BCUT2D eigenvalue weighted by Crippen LogP contribution is 2.20. The van der Waals surface area contributed by atoms with Gasteiger partial charge in [0.15, 0.2) is 0 Å². The summed E-state index contributed by atoms with van der Waals surface area (Å²) in [7, 11) is -1.27. The Kier molecular flexibility index (Phi) is 5.51. The molecule has 1 heteroatoms. The summed E-state index contributed by atoms with van der Waals surface area (Å²) in [4.78, 5) is 0. The summed E-state index contributed by atoms with van der Waals surface area (Å²) in [6.45, 7) is 9.13. The van der Waals surface area contributed by atoms with E-state index in [1.807, 2.05) is 0 Å². The topological polar surface area (TPSA) is 0 Å². The second-order valence-electron chi connectivity index (χ2n) is 4.74. The third-order valence-electron chi connectivity index (χ3n) is 3.88. The van der Waals surface area contributed by atoms with Crippen LogP contribution in [-0.4, -0.2) is 8.07 Å². The van der Waals surface area contributed by atoms with Gasteiger partial charge in [-0.2, -0.15) is 0 Å². The molecule has 0 radical (unpaired) electrons. The molecule has 0 aromatic heterocycles. The van der Waals surface area contributed by atoms with E-state index < -0.39 is 8.07 Å². The van der Waals surface area contributed by atoms with Crippen LogP contribution in [-0.2, 0) is 0 Å². The van der Waals surface area contributed by atoms with Gasteiger partial charge in [0.05, 0.1) is 0 Å². The van der Waals surface area contributed by atoms with Crippen LogP contribution < -0.4 is 0 Å². The summed E-state index contributed by atoms with van der Waals surface area (Å²) >= 11 is 0. The molecule has 0 bridgehead atoms. The number of hydrogen-bond donors (Lipinski definition) is 0. The summed E-state index contributed by atoms with van der Waals surface area (Å²) < 4.78 is 0. The maximum atomic E-state index is 3.67. The average molecular weight is 244 g/mol. The van der Waals surface area contributed by atoms with Gasteiger partial charge >= 0.3 is 0 Å². The summed E-state index contributed by atoms with van der Waals surface area (Å²) in [6, 6.07) is 14.5. The Morgan fingerprint density at radius 3 is 2.00 bits per heavy atom. The van der Waals surface area contributed by atoms with Gasteiger partial charge in [-0.05, 0) is 30.6 Å². The van der Waals surface area contributed by atoms with Gasteiger partial charge in [0.2, 0.25) is 0 Å². The molecule has 1 atom stereocenters. The molecular formula is C16H24Si. The summed E-state index contributed by atoms with van der Waals surface area (Å²) in [5.41, 5.74) is 5.01. The third kappa shape index (κ3) is 3.75. The van der Waals surface area contributed by atoms with Crippen molar-refractivity contribution in [2.24, 2.45) is 0 Å². The van der Waals surface area contributed by atoms with Crippen molar-refractivity contribution >= 4 is 8.07 Å². The van der Waals surface area contributed by atoms with Gasteiger partial charge in [0.25, 0.3) is 0 Å². The molecule has 0 amide bonds. The number of hydrogen-bond acceptors (Lipinski definition) is 0. The Hall–Kier alpha value is -1.00. The van der Waals surface area contributed by atoms with Gasteiger partial charge in [0.1, 0.15) is 8.07 Å². The molecule has 0 aliphatic heterocycles. The van der Waals surface area contributed by atoms with Gasteiger partial charge in [-0.15, -0.1) is 11.5 Å². The minimum Gasteiger partial charge on any atom is -0.131 e. The molecule has 0 saturated heterocycles. The molecule has 0 aliphatic rings. The largest absolute Gasteiger partial charge is 0.137 e. The fraction of sp³-hybridized carbons (Fsp3) is 0.500. The SMILES string of the molecule is CC[Si](C#CC(C)c1ccccc1)(CC)CC. The maximum absolute atomic E-state index is 3.67. The van der Waals surface area contributed by atoms with Crippen molar-refractivity contribution in [3.8, 4) is 11.5 Å². The third-order valence-corrected chi connectivity index (χ3v) is 8.62. The zero-order valence-electron chi connectivity index (χ0n) is 11.6. The van der Waals surface area contributed by atoms with Gasteiger partial charge < -0.3 is 0 Å². The average Bonchev–Trinajstić information content (AvgIpc) is 2.41. The van der Waals surface area contributed by atoms with E-state index in [9.17, 15) is 0 Å². The van der Waals surface area contributed by atoms with Gasteiger partial charge in [0, 0.05) is 5.92 Å². The predicted molar refractivity (Wildman–Crippen MR) is 79.8 cm³/mol. The quantitative estimate of drug-likeness (QED) is 0.525. The Morgan fingerprint density at radius 1 is 1.00 bits per heavy atom. The Balaban J connectivity index is 2.84. The highest BCUT2D eigenvalue weighted by Gasteiger charge is 2.24. The van der Waals surface area contributed by atoms with Crippen LogP contribution in [0.1, 0.15) is 39.2 Å². The van der Waals surface area contributed by atoms with E-state index in [4.69, 9.17) is 0 Å². The summed E-state index contributed by atoms with van der Waals surface area (Å²) in [6.07, 6.45) is 0. The Morgan fingerprint density at radius 2 is 1.53 bits per heavy atom. The minimum absolute atomic E-state index is 0.368. The molecule has 0 spiro atoms. The smallest absolute Gasteiger partial charge is 0.131 e. The number of benzene rings is 1. The van der Waals surface area contributed by atoms with E-state index in [1.165, 1.54) is 23.7 Å². The zero-order chi connectivity index (χ0) is 12.7. The first-order valence-electron chi connectivity index (χ1n) is 6.75. The van der Waals surface area contributed by atoms with Crippen LogP contribution >= 0.6 is 0 Å². The number of rotatable bonds is 4. The second kappa shape index (κ2) is 6.66. The highest BCUT2D eigenvalue weighted by atomic mass is 28.3. The molecular weight excluding hydrogens is 220 g/mol. The lowest BCUT2D eigenvalue weighted by Gasteiger charge is -2.20. The molecule has 0 nitrogen and oxygen atoms in total. The van der Waals surface area contributed by atoms with Crippen LogP contribution in [0.4, 0.5) is 0 Å². The molecule has 0 aliphatic carbocycles. The van der Waals surface area contributed by atoms with Crippen molar-refractivity contribution < 1.29 is 0 Å². The Bertz CT molecular complexity index is 371. The van der Waals surface area contributed by atoms with Gasteiger partial charge in [-0.25, -0.2) is 0 Å². The Labute approximate surface area is 107 Å². The normalized spacial score (nSPS) is 12.7. The van der Waals surface area contributed by atoms with E-state index in [0.717, 1.165) is 0 Å². The lowest BCUT2D eigenvalue weighted by Crippen LogP contribution is -2.29. The van der Waals surface area contributed by atoms with Crippen LogP contribution in [0.3, 0.4) is 0 Å². The van der Waals surface area contributed by atoms with E-state index in [1.54, 1.807) is 0 Å². The fourth-order valence-electron chi connectivity index (χ4n) is 2.10. The zero-order valence-corrected chi connectivity index (χ0v) is 12.6. The van der Waals surface area contributed by atoms with Crippen molar-refractivity contribution in [3.63, 3.8) is 0 Å². The van der Waals surface area contributed by atoms with Crippen molar-refractivity contribution in [1.82, 2.24) is 0 Å². The van der Waals surface area contributed by atoms with Crippen molar-refractivity contribution in [2.45, 2.75) is 51.7 Å². The van der Waals surface area contributed by atoms with Crippen molar-refractivity contribution in [2.75, 3.05) is 0 Å². The lowest BCUT2D eigenvalue weighted by atomic mass is 10.0. The molecule has 92 valence electrons. The fourth-order valence-corrected chi connectivity index (χ4v) is 4.65. The van der Waals surface area contributed by atoms with Gasteiger partial charge in [-0.1, -0.05) is 51.1 Å². The van der Waals surface area contributed by atoms with Crippen LogP contribution in [0.15, 0.2) is 30.3 Å². The van der Waals surface area contributed by atoms with Gasteiger partial charge in [-0.3, -0.25) is 0 Å². The first kappa shape index (κ1) is 14.1. The first-order valence-corrected chi connectivity index (χ1v) is 9.37. The predicted octanol–water partition coefficient (Wildman–Crippen LogP) is 4.84. The minimum atomic E-state index is -1.27. The van der Waals surface area contributed by atoms with Crippen LogP contribution in [0.2, 0.25) is 18.1 Å². The molecule has 0 N–H and O–H groups in total. The molecule has 17 heavy (non-hydrogen) atoms. The van der Waals surface area contributed by atoms with E-state index in [2.05, 4.69) is 69.5 Å². The molecule has 1 unspecified atom stereocenters. The molecule has 1 aromatic carbocycles. The maximum Gasteiger partial charge on any atom is 0.137 e. The van der Waals surface area contributed by atoms with Crippen molar-refractivity contribution in [1.29, 1.82) is 0 Å². The van der Waals surface area contributed by atoms with E-state index in [-0.39, 0.29) is 0 Å². The van der Waals surface area contributed by atoms with E-state index >= 15 is 0 Å². The molecule has 1 aromatic rings. The van der Waals surface area contributed by atoms with E-state index in [0.29, 0.717) is 5.92 Å². The summed E-state index contributed by atoms with van der Waals surface area (Å²) in [5.74, 6) is 3.87. The van der Waals surface area contributed by atoms with Crippen molar-refractivity contribution in [3.05, 3.63) is 35.9 Å². The first-order chi connectivity index (χ1) is 8.17. The highest BCUT2D eigenvalue weighted by molar-refractivity contribution is 6.87. The second-order valence-corrected chi connectivity index (χ2v) is 9.67. The molecule has 0 saturated carbocycles. The standard InChI is InChI=1S/C16H24Si/c1-5-17(6-2,7-3)14-13-15(4)16-11-9-8-10-12-16/h8-12,15H,5-7H2,1-4H3. The molecule has 0 fully saturated rings. The van der Waals surface area contributed by atoms with Crippen LogP contribution in [0.5, 0.6) is 0 Å². The van der Waals surface area contributed by atoms with Crippen LogP contribution in [0.25, 0.3) is 0 Å².